The highest BCUT2D eigenvalue weighted by Crippen LogP contribution is 2.38. The Bertz CT molecular complexity index is 167. The van der Waals surface area contributed by atoms with Gasteiger partial charge in [-0.15, -0.1) is 0 Å². The highest BCUT2D eigenvalue weighted by Gasteiger charge is 2.32. The van der Waals surface area contributed by atoms with Crippen LogP contribution in [0.4, 0.5) is 0 Å². The first kappa shape index (κ1) is 13.0. The number of rotatable bonds is 6. The number of hydrogen-bond acceptors (Lipinski definition) is 1. The van der Waals surface area contributed by atoms with Crippen molar-refractivity contribution in [3.8, 4) is 0 Å². The fraction of sp³-hybridized carbons (Fsp3) is 1.00. The predicted molar refractivity (Wildman–Crippen MR) is 68.1 cm³/mol. The Morgan fingerprint density at radius 3 is 2.60 bits per heavy atom. The second-order valence-electron chi connectivity index (χ2n) is 5.67. The maximum absolute atomic E-state index is 3.50. The van der Waals surface area contributed by atoms with E-state index in [2.05, 4.69) is 26.1 Å². The van der Waals surface area contributed by atoms with E-state index in [1.165, 1.54) is 58.0 Å². The lowest BCUT2D eigenvalue weighted by molar-refractivity contribution is 0.127. The van der Waals surface area contributed by atoms with Crippen molar-refractivity contribution in [1.82, 2.24) is 5.32 Å². The minimum atomic E-state index is 0.622. The molecule has 0 amide bonds. The van der Waals surface area contributed by atoms with Crippen LogP contribution in [-0.4, -0.2) is 13.1 Å². The zero-order valence-electron chi connectivity index (χ0n) is 10.9. The molecule has 0 aliphatic carbocycles. The van der Waals surface area contributed by atoms with E-state index in [9.17, 15) is 0 Å². The van der Waals surface area contributed by atoms with Gasteiger partial charge in [-0.05, 0) is 37.3 Å². The Labute approximate surface area is 96.0 Å². The molecule has 15 heavy (non-hydrogen) atoms. The van der Waals surface area contributed by atoms with Gasteiger partial charge in [0, 0.05) is 0 Å². The summed E-state index contributed by atoms with van der Waals surface area (Å²) in [6, 6.07) is 0. The van der Waals surface area contributed by atoms with Crippen LogP contribution in [0.15, 0.2) is 0 Å². The summed E-state index contributed by atoms with van der Waals surface area (Å²) in [7, 11) is 0. The highest BCUT2D eigenvalue weighted by molar-refractivity contribution is 4.85. The zero-order valence-corrected chi connectivity index (χ0v) is 10.9. The van der Waals surface area contributed by atoms with Gasteiger partial charge in [0.25, 0.3) is 0 Å². The number of unbranched alkanes of at least 4 members (excludes halogenated alkanes) is 4. The van der Waals surface area contributed by atoms with E-state index >= 15 is 0 Å². The molecule has 1 heteroatoms. The van der Waals surface area contributed by atoms with E-state index in [1.807, 2.05) is 0 Å². The molecule has 1 aliphatic rings. The van der Waals surface area contributed by atoms with E-state index < -0.39 is 0 Å². The Morgan fingerprint density at radius 1 is 1.20 bits per heavy atom. The molecule has 2 unspecified atom stereocenters. The van der Waals surface area contributed by atoms with Crippen molar-refractivity contribution in [2.75, 3.05) is 13.1 Å². The second-order valence-corrected chi connectivity index (χ2v) is 5.67. The molecular weight excluding hydrogens is 182 g/mol. The summed E-state index contributed by atoms with van der Waals surface area (Å²) in [5, 5.41) is 3.50. The van der Waals surface area contributed by atoms with Crippen LogP contribution in [0.25, 0.3) is 0 Å². The summed E-state index contributed by atoms with van der Waals surface area (Å²) < 4.78 is 0. The molecule has 0 spiro atoms. The number of hydrogen-bond donors (Lipinski definition) is 1. The van der Waals surface area contributed by atoms with Crippen molar-refractivity contribution in [1.29, 1.82) is 0 Å². The van der Waals surface area contributed by atoms with Crippen molar-refractivity contribution in [2.24, 2.45) is 11.3 Å². The standard InChI is InChI=1S/C14H29N/c1-4-5-6-7-8-9-14(3)10-11-15-12-13(14)2/h13,15H,4-12H2,1-3H3. The maximum atomic E-state index is 3.50. The quantitative estimate of drug-likeness (QED) is 0.655. The van der Waals surface area contributed by atoms with Crippen molar-refractivity contribution < 1.29 is 0 Å². The van der Waals surface area contributed by atoms with Gasteiger partial charge in [-0.1, -0.05) is 52.9 Å². The molecular formula is C14H29N. The Morgan fingerprint density at radius 2 is 1.93 bits per heavy atom. The average Bonchev–Trinajstić information content (AvgIpc) is 2.23. The summed E-state index contributed by atoms with van der Waals surface area (Å²) in [5.41, 5.74) is 0.622. The first-order valence-corrected chi connectivity index (χ1v) is 6.90. The van der Waals surface area contributed by atoms with Gasteiger partial charge in [-0.3, -0.25) is 0 Å². The van der Waals surface area contributed by atoms with Crippen LogP contribution < -0.4 is 5.32 Å². The fourth-order valence-corrected chi connectivity index (χ4v) is 2.69. The van der Waals surface area contributed by atoms with Gasteiger partial charge in [0.2, 0.25) is 0 Å². The Balaban J connectivity index is 2.17. The minimum Gasteiger partial charge on any atom is -0.316 e. The lowest BCUT2D eigenvalue weighted by Gasteiger charge is -2.40. The van der Waals surface area contributed by atoms with Crippen molar-refractivity contribution in [3.63, 3.8) is 0 Å². The summed E-state index contributed by atoms with van der Waals surface area (Å²) in [4.78, 5) is 0. The fourth-order valence-electron chi connectivity index (χ4n) is 2.69. The molecule has 0 aromatic rings. The first-order valence-electron chi connectivity index (χ1n) is 6.90. The third-order valence-electron chi connectivity index (χ3n) is 4.36. The van der Waals surface area contributed by atoms with Gasteiger partial charge in [0.1, 0.15) is 0 Å². The van der Waals surface area contributed by atoms with E-state index in [0.29, 0.717) is 5.41 Å². The molecule has 90 valence electrons. The van der Waals surface area contributed by atoms with Gasteiger partial charge < -0.3 is 5.32 Å². The molecule has 2 atom stereocenters. The normalized spacial score (nSPS) is 31.8. The largest absolute Gasteiger partial charge is 0.316 e. The predicted octanol–water partition coefficient (Wildman–Crippen LogP) is 3.98. The molecule has 0 aromatic carbocycles. The minimum absolute atomic E-state index is 0.622. The van der Waals surface area contributed by atoms with Gasteiger partial charge in [-0.25, -0.2) is 0 Å². The van der Waals surface area contributed by atoms with Crippen molar-refractivity contribution >= 4 is 0 Å². The van der Waals surface area contributed by atoms with Gasteiger partial charge in [0.15, 0.2) is 0 Å². The lowest BCUT2D eigenvalue weighted by atomic mass is 9.70. The summed E-state index contributed by atoms with van der Waals surface area (Å²) in [6.45, 7) is 9.66. The molecule has 1 heterocycles. The molecule has 0 saturated carbocycles. The second kappa shape index (κ2) is 6.52. The Kier molecular flexibility index (Phi) is 5.66. The van der Waals surface area contributed by atoms with Crippen LogP contribution >= 0.6 is 0 Å². The molecule has 1 fully saturated rings. The Hall–Kier alpha value is -0.0400. The van der Waals surface area contributed by atoms with Crippen molar-refractivity contribution in [2.45, 2.75) is 65.7 Å². The molecule has 1 aliphatic heterocycles. The van der Waals surface area contributed by atoms with Crippen LogP contribution in [0, 0.1) is 11.3 Å². The highest BCUT2D eigenvalue weighted by atomic mass is 14.9. The maximum Gasteiger partial charge on any atom is -0.00179 e. The van der Waals surface area contributed by atoms with Crippen molar-refractivity contribution in [3.05, 3.63) is 0 Å². The zero-order chi connectivity index (χ0) is 11.1. The summed E-state index contributed by atoms with van der Waals surface area (Å²) in [6.07, 6.45) is 9.94. The van der Waals surface area contributed by atoms with Gasteiger partial charge in [-0.2, -0.15) is 0 Å². The van der Waals surface area contributed by atoms with Gasteiger partial charge in [0.05, 0.1) is 0 Å². The van der Waals surface area contributed by atoms with E-state index in [0.717, 1.165) is 5.92 Å². The molecule has 1 saturated heterocycles. The average molecular weight is 211 g/mol. The molecule has 0 aromatic heterocycles. The first-order chi connectivity index (χ1) is 7.19. The van der Waals surface area contributed by atoms with E-state index in [4.69, 9.17) is 0 Å². The molecule has 0 radical (unpaired) electrons. The van der Waals surface area contributed by atoms with Crippen LogP contribution in [0.5, 0.6) is 0 Å². The van der Waals surface area contributed by atoms with E-state index in [-0.39, 0.29) is 0 Å². The molecule has 1 N–H and O–H groups in total. The SMILES string of the molecule is CCCCCCCC1(C)CCNCC1C. The van der Waals surface area contributed by atoms with E-state index in [1.54, 1.807) is 0 Å². The monoisotopic (exact) mass is 211 g/mol. The molecule has 1 nitrogen and oxygen atoms in total. The van der Waals surface area contributed by atoms with Crippen LogP contribution in [-0.2, 0) is 0 Å². The summed E-state index contributed by atoms with van der Waals surface area (Å²) >= 11 is 0. The number of nitrogens with one attached hydrogen (secondary N) is 1. The van der Waals surface area contributed by atoms with Gasteiger partial charge >= 0.3 is 0 Å². The smallest absolute Gasteiger partial charge is 0.00179 e. The molecule has 1 rings (SSSR count). The number of piperidine rings is 1. The van der Waals surface area contributed by atoms with Crippen LogP contribution in [0.1, 0.15) is 65.7 Å². The van der Waals surface area contributed by atoms with Crippen LogP contribution in [0.3, 0.4) is 0 Å². The lowest BCUT2D eigenvalue weighted by Crippen LogP contribution is -2.42. The topological polar surface area (TPSA) is 12.0 Å². The van der Waals surface area contributed by atoms with Crippen LogP contribution in [0.2, 0.25) is 0 Å². The molecule has 0 bridgehead atoms. The summed E-state index contributed by atoms with van der Waals surface area (Å²) in [5.74, 6) is 0.859. The third-order valence-corrected chi connectivity index (χ3v) is 4.36. The third kappa shape index (κ3) is 4.14.